The van der Waals surface area contributed by atoms with Gasteiger partial charge >= 0.3 is 0 Å². The molecule has 1 aromatic rings. The summed E-state index contributed by atoms with van der Waals surface area (Å²) in [4.78, 5) is 43.4. The molecule has 2 saturated heterocycles. The van der Waals surface area contributed by atoms with Crippen LogP contribution >= 0.6 is 0 Å². The topological polar surface area (TPSA) is 66.9 Å². The Morgan fingerprint density at radius 3 is 2.48 bits per heavy atom. The van der Waals surface area contributed by atoms with Gasteiger partial charge in [-0.3, -0.25) is 19.3 Å². The number of benzene rings is 1. The van der Waals surface area contributed by atoms with Crippen LogP contribution in [0.5, 0.6) is 0 Å². The number of ether oxygens (including phenoxy) is 1. The molecule has 3 aliphatic rings. The molecule has 2 fully saturated rings. The number of carbonyl (C=O) groups excluding carboxylic acids is 3. The lowest BCUT2D eigenvalue weighted by molar-refractivity contribution is -0.142. The summed E-state index contributed by atoms with van der Waals surface area (Å²) in [6.07, 6.45) is 4.00. The maximum absolute atomic E-state index is 13.5. The van der Waals surface area contributed by atoms with Gasteiger partial charge in [0.05, 0.1) is 31.0 Å². The summed E-state index contributed by atoms with van der Waals surface area (Å²) < 4.78 is 5.08. The largest absolute Gasteiger partial charge is 0.383 e. The average molecular weight is 396 g/mol. The Balaban J connectivity index is 1.83. The molecule has 4 atom stereocenters. The second kappa shape index (κ2) is 6.80. The standard InChI is InChI=1S/C23H28N2O4/c1-13-6-8-15-14(12-13)7-9-16-17-18(19(25(15)16)20(26)23(2,3)4)22(28)24(21(17)27)10-11-29-5/h6-9,12,16-19H,10-11H2,1-5H3/t16-,17+,18-,19-/m0/s1. The number of methoxy groups -OCH3 is 1. The molecule has 29 heavy (non-hydrogen) atoms. The minimum Gasteiger partial charge on any atom is -0.383 e. The number of rotatable bonds is 4. The third-order valence-corrected chi connectivity index (χ3v) is 6.28. The zero-order chi connectivity index (χ0) is 21.1. The fraction of sp³-hybridized carbons (Fsp3) is 0.522. The van der Waals surface area contributed by atoms with Crippen LogP contribution in [0.3, 0.4) is 0 Å². The number of hydrogen-bond donors (Lipinski definition) is 0. The molecule has 0 spiro atoms. The number of fused-ring (bicyclic) bond motifs is 5. The first-order valence-corrected chi connectivity index (χ1v) is 10.1. The highest BCUT2D eigenvalue weighted by Gasteiger charge is 2.64. The monoisotopic (exact) mass is 396 g/mol. The molecule has 0 radical (unpaired) electrons. The van der Waals surface area contributed by atoms with Crippen molar-refractivity contribution in [3.05, 3.63) is 35.4 Å². The lowest BCUT2D eigenvalue weighted by Crippen LogP contribution is -2.51. The maximum atomic E-state index is 13.5. The summed E-state index contributed by atoms with van der Waals surface area (Å²) >= 11 is 0. The van der Waals surface area contributed by atoms with Gasteiger partial charge in [-0.1, -0.05) is 44.6 Å². The van der Waals surface area contributed by atoms with Crippen LogP contribution < -0.4 is 4.90 Å². The van der Waals surface area contributed by atoms with Crippen LogP contribution in [0.4, 0.5) is 5.69 Å². The highest BCUT2D eigenvalue weighted by Crippen LogP contribution is 2.49. The van der Waals surface area contributed by atoms with Gasteiger partial charge in [-0.2, -0.15) is 0 Å². The molecule has 0 N–H and O–H groups in total. The van der Waals surface area contributed by atoms with Crippen molar-refractivity contribution in [2.24, 2.45) is 17.3 Å². The van der Waals surface area contributed by atoms with E-state index in [2.05, 4.69) is 6.07 Å². The molecule has 0 saturated carbocycles. The SMILES string of the molecule is COCCN1C(=O)[C@H]2[C@H](C1=O)[C@@H]1C=Cc3cc(C)ccc3N1[C@@H]2C(=O)C(C)(C)C. The van der Waals surface area contributed by atoms with E-state index >= 15 is 0 Å². The van der Waals surface area contributed by atoms with Gasteiger partial charge in [-0.25, -0.2) is 0 Å². The maximum Gasteiger partial charge on any atom is 0.235 e. The van der Waals surface area contributed by atoms with Gasteiger partial charge in [-0.05, 0) is 24.6 Å². The molecule has 1 aromatic carbocycles. The van der Waals surface area contributed by atoms with Gasteiger partial charge in [0.1, 0.15) is 6.04 Å². The van der Waals surface area contributed by atoms with Crippen LogP contribution in [-0.2, 0) is 19.1 Å². The first-order chi connectivity index (χ1) is 13.7. The summed E-state index contributed by atoms with van der Waals surface area (Å²) in [5.74, 6) is -1.66. The predicted octanol–water partition coefficient (Wildman–Crippen LogP) is 2.44. The van der Waals surface area contributed by atoms with Gasteiger partial charge in [-0.15, -0.1) is 0 Å². The van der Waals surface area contributed by atoms with Crippen LogP contribution in [0, 0.1) is 24.2 Å². The van der Waals surface area contributed by atoms with E-state index in [1.807, 2.05) is 56.9 Å². The summed E-state index contributed by atoms with van der Waals surface area (Å²) in [5.41, 5.74) is 2.44. The highest BCUT2D eigenvalue weighted by atomic mass is 16.5. The number of hydrogen-bond acceptors (Lipinski definition) is 5. The smallest absolute Gasteiger partial charge is 0.235 e. The molecule has 0 bridgehead atoms. The summed E-state index contributed by atoms with van der Waals surface area (Å²) in [6, 6.07) is 5.14. The first-order valence-electron chi connectivity index (χ1n) is 10.1. The van der Waals surface area contributed by atoms with Crippen LogP contribution in [0.15, 0.2) is 24.3 Å². The van der Waals surface area contributed by atoms with Crippen LogP contribution in [0.25, 0.3) is 6.08 Å². The number of amides is 2. The Kier molecular flexibility index (Phi) is 4.65. The second-order valence-electron chi connectivity index (χ2n) is 9.25. The first kappa shape index (κ1) is 19.8. The zero-order valence-corrected chi connectivity index (χ0v) is 17.6. The summed E-state index contributed by atoms with van der Waals surface area (Å²) in [6.45, 7) is 8.16. The van der Waals surface area contributed by atoms with Crippen LogP contribution in [0.1, 0.15) is 31.9 Å². The van der Waals surface area contributed by atoms with E-state index in [-0.39, 0.29) is 30.2 Å². The van der Waals surface area contributed by atoms with E-state index < -0.39 is 23.3 Å². The molecule has 6 heteroatoms. The Hall–Kier alpha value is -2.47. The van der Waals surface area contributed by atoms with Gasteiger partial charge in [0, 0.05) is 18.2 Å². The van der Waals surface area contributed by atoms with E-state index in [0.717, 1.165) is 16.8 Å². The van der Waals surface area contributed by atoms with Crippen molar-refractivity contribution >= 4 is 29.4 Å². The van der Waals surface area contributed by atoms with E-state index in [0.29, 0.717) is 6.61 Å². The van der Waals surface area contributed by atoms with Gasteiger partial charge < -0.3 is 9.64 Å². The van der Waals surface area contributed by atoms with Crippen molar-refractivity contribution < 1.29 is 19.1 Å². The van der Waals surface area contributed by atoms with E-state index in [4.69, 9.17) is 4.74 Å². The quantitative estimate of drug-likeness (QED) is 0.732. The van der Waals surface area contributed by atoms with Crippen molar-refractivity contribution in [2.75, 3.05) is 25.2 Å². The molecule has 4 rings (SSSR count). The van der Waals surface area contributed by atoms with Gasteiger partial charge in [0.2, 0.25) is 11.8 Å². The number of ketones is 1. The Labute approximate surface area is 171 Å². The second-order valence-corrected chi connectivity index (χ2v) is 9.25. The number of likely N-dealkylation sites (tertiary alicyclic amines) is 1. The van der Waals surface area contributed by atoms with Crippen LogP contribution in [-0.4, -0.2) is 54.8 Å². The summed E-state index contributed by atoms with van der Waals surface area (Å²) in [7, 11) is 1.54. The number of nitrogens with zero attached hydrogens (tertiary/aromatic N) is 2. The highest BCUT2D eigenvalue weighted by molar-refractivity contribution is 6.11. The molecular weight excluding hydrogens is 368 g/mol. The zero-order valence-electron chi connectivity index (χ0n) is 17.6. The Morgan fingerprint density at radius 2 is 1.83 bits per heavy atom. The van der Waals surface area contributed by atoms with Crippen LogP contribution in [0.2, 0.25) is 0 Å². The molecule has 2 amide bonds. The Bertz CT molecular complexity index is 914. The fourth-order valence-corrected chi connectivity index (χ4v) is 4.90. The van der Waals surface area contributed by atoms with Crippen molar-refractivity contribution in [3.63, 3.8) is 0 Å². The molecule has 3 heterocycles. The third kappa shape index (κ3) is 2.92. The minimum absolute atomic E-state index is 0.00781. The lowest BCUT2D eigenvalue weighted by Gasteiger charge is -2.38. The molecule has 6 nitrogen and oxygen atoms in total. The van der Waals surface area contributed by atoms with Crippen molar-refractivity contribution in [3.8, 4) is 0 Å². The van der Waals surface area contributed by atoms with Crippen molar-refractivity contribution in [1.82, 2.24) is 4.90 Å². The number of aryl methyl sites for hydroxylation is 1. The predicted molar refractivity (Wildman–Crippen MR) is 110 cm³/mol. The third-order valence-electron chi connectivity index (χ3n) is 6.28. The normalized spacial score (nSPS) is 27.9. The van der Waals surface area contributed by atoms with Crippen molar-refractivity contribution in [2.45, 2.75) is 39.8 Å². The summed E-state index contributed by atoms with van der Waals surface area (Å²) in [5, 5.41) is 0. The molecule has 0 aliphatic carbocycles. The molecule has 0 unspecified atom stereocenters. The lowest BCUT2D eigenvalue weighted by atomic mass is 9.79. The number of imide groups is 1. The fourth-order valence-electron chi connectivity index (χ4n) is 4.90. The number of anilines is 1. The average Bonchev–Trinajstić information content (AvgIpc) is 3.12. The molecule has 0 aromatic heterocycles. The molecular formula is C23H28N2O4. The van der Waals surface area contributed by atoms with E-state index in [1.165, 1.54) is 4.90 Å². The Morgan fingerprint density at radius 1 is 1.14 bits per heavy atom. The molecule has 154 valence electrons. The van der Waals surface area contributed by atoms with E-state index in [9.17, 15) is 14.4 Å². The number of carbonyl (C=O) groups is 3. The van der Waals surface area contributed by atoms with Gasteiger partial charge in [0.25, 0.3) is 0 Å². The van der Waals surface area contributed by atoms with Crippen molar-refractivity contribution in [1.29, 1.82) is 0 Å². The number of Topliss-reactive ketones (excluding diaryl/α,β-unsaturated/α-hetero) is 1. The minimum atomic E-state index is -0.659. The molecule has 3 aliphatic heterocycles. The van der Waals surface area contributed by atoms with E-state index in [1.54, 1.807) is 7.11 Å². The van der Waals surface area contributed by atoms with Gasteiger partial charge in [0.15, 0.2) is 5.78 Å².